The smallest absolute Gasteiger partial charge is 0.340 e. The highest BCUT2D eigenvalue weighted by Crippen LogP contribution is 2.27. The number of methoxy groups -OCH3 is 1. The molecule has 0 unspecified atom stereocenters. The predicted octanol–water partition coefficient (Wildman–Crippen LogP) is 3.03. The summed E-state index contributed by atoms with van der Waals surface area (Å²) >= 11 is 0. The maximum absolute atomic E-state index is 11.6. The van der Waals surface area contributed by atoms with Crippen LogP contribution in [0.15, 0.2) is 40.9 Å². The zero-order valence-corrected chi connectivity index (χ0v) is 10.7. The van der Waals surface area contributed by atoms with Gasteiger partial charge in [0.05, 0.1) is 12.7 Å². The first kappa shape index (κ1) is 12.2. The van der Waals surface area contributed by atoms with E-state index in [4.69, 9.17) is 9.15 Å². The van der Waals surface area contributed by atoms with E-state index in [1.807, 2.05) is 18.2 Å². The lowest BCUT2D eigenvalue weighted by atomic mass is 10.1. The standard InChI is InChI=1S/C15H11NO4/c1-19-15(18)12-7-16-13-6-9(2-4-11(12)13)14-5-3-10(8-17)20-14/h2-8,16H,1H3. The topological polar surface area (TPSA) is 72.3 Å². The first-order valence-electron chi connectivity index (χ1n) is 5.98. The number of carbonyl (C=O) groups excluding carboxylic acids is 2. The van der Waals surface area contributed by atoms with Crippen LogP contribution in [0.5, 0.6) is 0 Å². The molecule has 0 spiro atoms. The number of aromatic nitrogens is 1. The number of ether oxygens (including phenoxy) is 1. The van der Waals surface area contributed by atoms with Crippen LogP contribution in [0.25, 0.3) is 22.2 Å². The molecule has 2 heterocycles. The van der Waals surface area contributed by atoms with Crippen molar-refractivity contribution in [2.45, 2.75) is 0 Å². The van der Waals surface area contributed by atoms with Gasteiger partial charge in [-0.05, 0) is 18.2 Å². The van der Waals surface area contributed by atoms with Crippen molar-refractivity contribution in [2.24, 2.45) is 0 Å². The quantitative estimate of drug-likeness (QED) is 0.586. The minimum atomic E-state index is -0.384. The highest BCUT2D eigenvalue weighted by molar-refractivity contribution is 6.04. The zero-order chi connectivity index (χ0) is 14.1. The molecule has 5 heteroatoms. The van der Waals surface area contributed by atoms with Gasteiger partial charge in [-0.3, -0.25) is 4.79 Å². The summed E-state index contributed by atoms with van der Waals surface area (Å²) in [7, 11) is 1.35. The Morgan fingerprint density at radius 2 is 2.15 bits per heavy atom. The SMILES string of the molecule is COC(=O)c1c[nH]c2cc(-c3ccc(C=O)o3)ccc12. The average Bonchev–Trinajstić information content (AvgIpc) is 3.12. The van der Waals surface area contributed by atoms with Gasteiger partial charge >= 0.3 is 5.97 Å². The molecule has 1 N–H and O–H groups in total. The number of H-pyrrole nitrogens is 1. The Morgan fingerprint density at radius 3 is 2.85 bits per heavy atom. The third-order valence-electron chi connectivity index (χ3n) is 3.11. The first-order chi connectivity index (χ1) is 9.72. The number of esters is 1. The molecular formula is C15H11NO4. The molecule has 0 fully saturated rings. The molecule has 0 aliphatic rings. The molecule has 20 heavy (non-hydrogen) atoms. The van der Waals surface area contributed by atoms with Crippen LogP contribution in [0.2, 0.25) is 0 Å². The minimum absolute atomic E-state index is 0.279. The molecule has 0 aliphatic heterocycles. The number of aldehydes is 1. The number of hydrogen-bond donors (Lipinski definition) is 1. The molecule has 0 saturated heterocycles. The molecular weight excluding hydrogens is 258 g/mol. The lowest BCUT2D eigenvalue weighted by Crippen LogP contribution is -1.99. The van der Waals surface area contributed by atoms with Crippen LogP contribution in [0.1, 0.15) is 20.9 Å². The highest BCUT2D eigenvalue weighted by Gasteiger charge is 2.13. The number of furan rings is 1. The number of fused-ring (bicyclic) bond motifs is 1. The number of benzene rings is 1. The van der Waals surface area contributed by atoms with Gasteiger partial charge in [0.2, 0.25) is 0 Å². The van der Waals surface area contributed by atoms with E-state index in [-0.39, 0.29) is 11.7 Å². The number of nitrogens with one attached hydrogen (secondary N) is 1. The summed E-state index contributed by atoms with van der Waals surface area (Å²) in [6, 6.07) is 8.85. The second-order valence-corrected chi connectivity index (χ2v) is 4.27. The van der Waals surface area contributed by atoms with Gasteiger partial charge in [-0.15, -0.1) is 0 Å². The van der Waals surface area contributed by atoms with Crippen LogP contribution in [-0.4, -0.2) is 24.3 Å². The van der Waals surface area contributed by atoms with Crippen LogP contribution in [0.3, 0.4) is 0 Å². The van der Waals surface area contributed by atoms with Crippen molar-refractivity contribution in [1.29, 1.82) is 0 Å². The van der Waals surface area contributed by atoms with Crippen LogP contribution < -0.4 is 0 Å². The number of rotatable bonds is 3. The Hall–Kier alpha value is -2.82. The summed E-state index contributed by atoms with van der Waals surface area (Å²) in [6.45, 7) is 0. The van der Waals surface area contributed by atoms with E-state index in [0.29, 0.717) is 17.6 Å². The van der Waals surface area contributed by atoms with E-state index in [0.717, 1.165) is 16.5 Å². The summed E-state index contributed by atoms with van der Waals surface area (Å²) in [4.78, 5) is 25.2. The number of carbonyl (C=O) groups is 2. The zero-order valence-electron chi connectivity index (χ0n) is 10.7. The molecule has 2 aromatic heterocycles. The highest BCUT2D eigenvalue weighted by atomic mass is 16.5. The molecule has 0 bridgehead atoms. The fraction of sp³-hybridized carbons (Fsp3) is 0.0667. The van der Waals surface area contributed by atoms with E-state index in [9.17, 15) is 9.59 Å². The maximum Gasteiger partial charge on any atom is 0.340 e. The van der Waals surface area contributed by atoms with Crippen LogP contribution >= 0.6 is 0 Å². The van der Waals surface area contributed by atoms with E-state index in [2.05, 4.69) is 4.98 Å². The monoisotopic (exact) mass is 269 g/mol. The number of hydrogen-bond acceptors (Lipinski definition) is 4. The van der Waals surface area contributed by atoms with Crippen molar-refractivity contribution in [3.8, 4) is 11.3 Å². The molecule has 0 amide bonds. The fourth-order valence-electron chi connectivity index (χ4n) is 2.13. The largest absolute Gasteiger partial charge is 0.465 e. The molecule has 0 saturated carbocycles. The van der Waals surface area contributed by atoms with Crippen molar-refractivity contribution in [1.82, 2.24) is 4.98 Å². The summed E-state index contributed by atoms with van der Waals surface area (Å²) < 4.78 is 10.1. The van der Waals surface area contributed by atoms with Gasteiger partial charge in [-0.25, -0.2) is 4.79 Å². The second-order valence-electron chi connectivity index (χ2n) is 4.27. The minimum Gasteiger partial charge on any atom is -0.465 e. The molecule has 100 valence electrons. The lowest BCUT2D eigenvalue weighted by Gasteiger charge is -1.99. The normalized spacial score (nSPS) is 10.7. The maximum atomic E-state index is 11.6. The van der Waals surface area contributed by atoms with Gasteiger partial charge in [0, 0.05) is 22.7 Å². The fourth-order valence-corrected chi connectivity index (χ4v) is 2.13. The van der Waals surface area contributed by atoms with Crippen molar-refractivity contribution in [3.63, 3.8) is 0 Å². The van der Waals surface area contributed by atoms with Crippen LogP contribution in [-0.2, 0) is 4.74 Å². The molecule has 3 rings (SSSR count). The molecule has 5 nitrogen and oxygen atoms in total. The van der Waals surface area contributed by atoms with Gasteiger partial charge in [-0.2, -0.15) is 0 Å². The summed E-state index contributed by atoms with van der Waals surface area (Å²) in [5.41, 5.74) is 2.11. The van der Waals surface area contributed by atoms with Gasteiger partial charge in [0.1, 0.15) is 5.76 Å². The third-order valence-corrected chi connectivity index (χ3v) is 3.11. The van der Waals surface area contributed by atoms with Crippen LogP contribution in [0.4, 0.5) is 0 Å². The van der Waals surface area contributed by atoms with Gasteiger partial charge in [0.15, 0.2) is 12.0 Å². The summed E-state index contributed by atoms with van der Waals surface area (Å²) in [5.74, 6) is 0.496. The Kier molecular flexibility index (Phi) is 2.87. The number of aromatic amines is 1. The lowest BCUT2D eigenvalue weighted by molar-refractivity contribution is 0.0603. The van der Waals surface area contributed by atoms with Crippen molar-refractivity contribution in [2.75, 3.05) is 7.11 Å². The van der Waals surface area contributed by atoms with Crippen molar-refractivity contribution < 1.29 is 18.7 Å². The van der Waals surface area contributed by atoms with E-state index in [1.54, 1.807) is 18.3 Å². The second kappa shape index (κ2) is 4.70. The average molecular weight is 269 g/mol. The molecule has 0 aliphatic carbocycles. The predicted molar refractivity (Wildman–Crippen MR) is 72.7 cm³/mol. The Labute approximate surface area is 114 Å². The summed E-state index contributed by atoms with van der Waals surface area (Å²) in [6.07, 6.45) is 2.27. The van der Waals surface area contributed by atoms with Crippen molar-refractivity contribution >= 4 is 23.2 Å². The Balaban J connectivity index is 2.07. The van der Waals surface area contributed by atoms with Crippen molar-refractivity contribution in [3.05, 3.63) is 47.9 Å². The molecule has 0 atom stereocenters. The van der Waals surface area contributed by atoms with Gasteiger partial charge in [-0.1, -0.05) is 12.1 Å². The third kappa shape index (κ3) is 1.89. The van der Waals surface area contributed by atoms with E-state index in [1.165, 1.54) is 7.11 Å². The van der Waals surface area contributed by atoms with E-state index < -0.39 is 0 Å². The molecule has 1 aromatic carbocycles. The Morgan fingerprint density at radius 1 is 1.30 bits per heavy atom. The van der Waals surface area contributed by atoms with E-state index >= 15 is 0 Å². The first-order valence-corrected chi connectivity index (χ1v) is 5.98. The molecule has 0 radical (unpaired) electrons. The van der Waals surface area contributed by atoms with Gasteiger partial charge in [0.25, 0.3) is 0 Å². The van der Waals surface area contributed by atoms with Crippen LogP contribution in [0, 0.1) is 0 Å². The molecule has 3 aromatic rings. The Bertz CT molecular complexity index is 797. The van der Waals surface area contributed by atoms with Gasteiger partial charge < -0.3 is 14.1 Å². The summed E-state index contributed by atoms with van der Waals surface area (Å²) in [5, 5.41) is 0.780.